The van der Waals surface area contributed by atoms with Crippen LogP contribution in [0.1, 0.15) is 39.0 Å². The molecule has 1 aliphatic carbocycles. The normalized spacial score (nSPS) is 26.6. The summed E-state index contributed by atoms with van der Waals surface area (Å²) in [5.74, 6) is -0.481. The summed E-state index contributed by atoms with van der Waals surface area (Å²) in [4.78, 5) is 11.2. The maximum atomic E-state index is 12.3. The summed E-state index contributed by atoms with van der Waals surface area (Å²) in [6.07, 6.45) is 2.90. The van der Waals surface area contributed by atoms with E-state index < -0.39 is 26.3 Å². The van der Waals surface area contributed by atoms with Gasteiger partial charge in [-0.05, 0) is 32.6 Å². The Hall–Kier alpha value is -0.620. The Bertz CT molecular complexity index is 376. The third kappa shape index (κ3) is 3.68. The van der Waals surface area contributed by atoms with E-state index in [9.17, 15) is 13.2 Å². The van der Waals surface area contributed by atoms with Gasteiger partial charge in [0.2, 0.25) is 0 Å². The summed E-state index contributed by atoms with van der Waals surface area (Å²) in [6.45, 7) is 1.57. The lowest BCUT2D eigenvalue weighted by Gasteiger charge is -2.29. The van der Waals surface area contributed by atoms with Crippen molar-refractivity contribution < 1.29 is 22.7 Å². The lowest BCUT2D eigenvalue weighted by molar-refractivity contribution is -0.140. The van der Waals surface area contributed by atoms with Crippen molar-refractivity contribution in [1.82, 2.24) is 0 Å². The number of rotatable bonds is 5. The van der Waals surface area contributed by atoms with Crippen molar-refractivity contribution in [2.24, 2.45) is 0 Å². The Kier molecular flexibility index (Phi) is 5.59. The minimum atomic E-state index is -3.29. The Morgan fingerprint density at radius 2 is 2.00 bits per heavy atom. The molecule has 0 heterocycles. The Labute approximate surface area is 109 Å². The second-order valence-electron chi connectivity index (χ2n) is 4.83. The first-order valence-corrected chi connectivity index (χ1v) is 7.85. The third-order valence-corrected chi connectivity index (χ3v) is 6.26. The number of esters is 1. The summed E-state index contributed by atoms with van der Waals surface area (Å²) in [5, 5.41) is -1.08. The second kappa shape index (κ2) is 6.52. The fourth-order valence-corrected chi connectivity index (χ4v) is 4.38. The van der Waals surface area contributed by atoms with Crippen LogP contribution in [0, 0.1) is 0 Å². The molecular formula is C12H22O5S. The number of carbonyl (C=O) groups excluding carboxylic acids is 1. The molecule has 0 aromatic heterocycles. The van der Waals surface area contributed by atoms with Crippen LogP contribution in [0.15, 0.2) is 0 Å². The monoisotopic (exact) mass is 278 g/mol. The first-order chi connectivity index (χ1) is 8.41. The van der Waals surface area contributed by atoms with Gasteiger partial charge in [-0.25, -0.2) is 8.42 Å². The average molecular weight is 278 g/mol. The molecule has 6 heteroatoms. The highest BCUT2D eigenvalue weighted by molar-refractivity contribution is 7.92. The number of methoxy groups -OCH3 is 2. The van der Waals surface area contributed by atoms with E-state index in [1.165, 1.54) is 7.11 Å². The van der Waals surface area contributed by atoms with Crippen LogP contribution in [0.4, 0.5) is 0 Å². The zero-order chi connectivity index (χ0) is 13.8. The van der Waals surface area contributed by atoms with Crippen LogP contribution in [0.25, 0.3) is 0 Å². The molecule has 3 unspecified atom stereocenters. The molecular weight excluding hydrogens is 256 g/mol. The highest BCUT2D eigenvalue weighted by Crippen LogP contribution is 2.29. The van der Waals surface area contributed by atoms with Crippen LogP contribution < -0.4 is 0 Å². The van der Waals surface area contributed by atoms with E-state index in [1.54, 1.807) is 14.0 Å². The highest BCUT2D eigenvalue weighted by Gasteiger charge is 2.36. The SMILES string of the molecule is COC(=O)CC(C)S(=O)(=O)C1CCCC(OC)C1. The Morgan fingerprint density at radius 1 is 1.33 bits per heavy atom. The third-order valence-electron chi connectivity index (χ3n) is 3.62. The van der Waals surface area contributed by atoms with Crippen LogP contribution in [-0.2, 0) is 24.1 Å². The fourth-order valence-electron chi connectivity index (χ4n) is 2.38. The summed E-state index contributed by atoms with van der Waals surface area (Å²) >= 11 is 0. The van der Waals surface area contributed by atoms with Gasteiger partial charge >= 0.3 is 5.97 Å². The fraction of sp³-hybridized carbons (Fsp3) is 0.917. The van der Waals surface area contributed by atoms with Crippen LogP contribution >= 0.6 is 0 Å². The lowest BCUT2D eigenvalue weighted by atomic mass is 9.97. The van der Waals surface area contributed by atoms with Crippen LogP contribution in [0.5, 0.6) is 0 Å². The quantitative estimate of drug-likeness (QED) is 0.709. The standard InChI is InChI=1S/C12H22O5S/c1-9(7-12(13)17-3)18(14,15)11-6-4-5-10(8-11)16-2/h9-11H,4-8H2,1-3H3. The first-order valence-electron chi connectivity index (χ1n) is 6.24. The predicted molar refractivity (Wildman–Crippen MR) is 68.1 cm³/mol. The van der Waals surface area contributed by atoms with Gasteiger partial charge in [-0.1, -0.05) is 0 Å². The number of hydrogen-bond donors (Lipinski definition) is 0. The van der Waals surface area contributed by atoms with Gasteiger partial charge in [0, 0.05) is 7.11 Å². The maximum absolute atomic E-state index is 12.3. The molecule has 0 saturated heterocycles. The van der Waals surface area contributed by atoms with Gasteiger partial charge in [-0.15, -0.1) is 0 Å². The molecule has 5 nitrogen and oxygen atoms in total. The van der Waals surface area contributed by atoms with Gasteiger partial charge in [-0.3, -0.25) is 4.79 Å². The molecule has 1 fully saturated rings. The molecule has 0 N–H and O–H groups in total. The van der Waals surface area contributed by atoms with E-state index in [0.717, 1.165) is 12.8 Å². The van der Waals surface area contributed by atoms with E-state index >= 15 is 0 Å². The average Bonchev–Trinajstić information content (AvgIpc) is 2.38. The van der Waals surface area contributed by atoms with Crippen molar-refractivity contribution in [2.75, 3.05) is 14.2 Å². The van der Waals surface area contributed by atoms with E-state index in [2.05, 4.69) is 4.74 Å². The highest BCUT2D eigenvalue weighted by atomic mass is 32.2. The van der Waals surface area contributed by atoms with Gasteiger partial charge in [0.25, 0.3) is 0 Å². The summed E-state index contributed by atoms with van der Waals surface area (Å²) < 4.78 is 34.4. The first kappa shape index (κ1) is 15.4. The minimum Gasteiger partial charge on any atom is -0.469 e. The zero-order valence-corrected chi connectivity index (χ0v) is 12.0. The molecule has 3 atom stereocenters. The molecule has 18 heavy (non-hydrogen) atoms. The molecule has 0 bridgehead atoms. The van der Waals surface area contributed by atoms with Crippen molar-refractivity contribution in [3.05, 3.63) is 0 Å². The van der Waals surface area contributed by atoms with Gasteiger partial charge in [0.15, 0.2) is 9.84 Å². The Morgan fingerprint density at radius 3 is 2.56 bits per heavy atom. The van der Waals surface area contributed by atoms with Crippen LogP contribution in [-0.4, -0.2) is 45.2 Å². The largest absolute Gasteiger partial charge is 0.469 e. The van der Waals surface area contributed by atoms with E-state index in [4.69, 9.17) is 4.74 Å². The predicted octanol–water partition coefficient (Wildman–Crippen LogP) is 1.31. The number of ether oxygens (including phenoxy) is 2. The van der Waals surface area contributed by atoms with E-state index in [-0.39, 0.29) is 12.5 Å². The van der Waals surface area contributed by atoms with Crippen molar-refractivity contribution in [3.8, 4) is 0 Å². The molecule has 1 aliphatic rings. The summed E-state index contributed by atoms with van der Waals surface area (Å²) in [7, 11) is -0.415. The van der Waals surface area contributed by atoms with Crippen LogP contribution in [0.2, 0.25) is 0 Å². The molecule has 0 radical (unpaired) electrons. The van der Waals surface area contributed by atoms with E-state index in [0.29, 0.717) is 12.8 Å². The topological polar surface area (TPSA) is 69.7 Å². The molecule has 0 aromatic carbocycles. The number of hydrogen-bond acceptors (Lipinski definition) is 5. The molecule has 106 valence electrons. The molecule has 1 rings (SSSR count). The van der Waals surface area contributed by atoms with Crippen LogP contribution in [0.3, 0.4) is 0 Å². The zero-order valence-electron chi connectivity index (χ0n) is 11.2. The molecule has 0 amide bonds. The molecule has 0 aromatic rings. The molecule has 0 aliphatic heterocycles. The lowest BCUT2D eigenvalue weighted by Crippen LogP contribution is -2.37. The summed E-state index contributed by atoms with van der Waals surface area (Å²) in [6, 6.07) is 0. The number of carbonyl (C=O) groups is 1. The van der Waals surface area contributed by atoms with Gasteiger partial charge in [0.05, 0.1) is 30.1 Å². The smallest absolute Gasteiger partial charge is 0.306 e. The van der Waals surface area contributed by atoms with E-state index in [1.807, 2.05) is 0 Å². The summed E-state index contributed by atoms with van der Waals surface area (Å²) in [5.41, 5.74) is 0. The van der Waals surface area contributed by atoms with Crippen molar-refractivity contribution in [1.29, 1.82) is 0 Å². The van der Waals surface area contributed by atoms with Gasteiger partial charge in [0.1, 0.15) is 0 Å². The second-order valence-corrected chi connectivity index (χ2v) is 7.48. The number of sulfone groups is 1. The van der Waals surface area contributed by atoms with Crippen molar-refractivity contribution in [3.63, 3.8) is 0 Å². The molecule has 0 spiro atoms. The van der Waals surface area contributed by atoms with Crippen molar-refractivity contribution >= 4 is 15.8 Å². The van der Waals surface area contributed by atoms with Gasteiger partial charge in [-0.2, -0.15) is 0 Å². The molecule has 1 saturated carbocycles. The van der Waals surface area contributed by atoms with Crippen molar-refractivity contribution in [2.45, 2.75) is 55.6 Å². The Balaban J connectivity index is 2.70. The van der Waals surface area contributed by atoms with Gasteiger partial charge < -0.3 is 9.47 Å². The maximum Gasteiger partial charge on any atom is 0.306 e. The minimum absolute atomic E-state index is 0.0175.